The van der Waals surface area contributed by atoms with Gasteiger partial charge in [-0.1, -0.05) is 41.4 Å². The highest BCUT2D eigenvalue weighted by Gasteiger charge is 2.34. The second-order valence-corrected chi connectivity index (χ2v) is 8.59. The van der Waals surface area contributed by atoms with E-state index in [4.69, 9.17) is 37.4 Å². The molecule has 1 fully saturated rings. The predicted octanol–water partition coefficient (Wildman–Crippen LogP) is 5.70. The van der Waals surface area contributed by atoms with Crippen LogP contribution in [0.1, 0.15) is 18.9 Å². The van der Waals surface area contributed by atoms with E-state index in [9.17, 15) is 9.59 Å². The average molecular weight is 527 g/mol. The molecule has 0 aliphatic carbocycles. The summed E-state index contributed by atoms with van der Waals surface area (Å²) in [4.78, 5) is 25.4. The fourth-order valence-electron chi connectivity index (χ4n) is 3.51. The molecule has 0 radical (unpaired) electrons. The number of hydrogen-bond acceptors (Lipinski definition) is 5. The van der Waals surface area contributed by atoms with Crippen molar-refractivity contribution in [2.75, 3.05) is 24.8 Å². The number of benzene rings is 3. The van der Waals surface area contributed by atoms with Gasteiger partial charge in [0.05, 0.1) is 30.5 Å². The third-order valence-electron chi connectivity index (χ3n) is 5.17. The number of carbonyl (C=O) groups is 2. The van der Waals surface area contributed by atoms with Crippen LogP contribution in [0.2, 0.25) is 10.0 Å². The molecule has 1 aliphatic rings. The molecule has 2 amide bonds. The second-order valence-electron chi connectivity index (χ2n) is 7.74. The molecule has 3 aromatic carbocycles. The molecule has 186 valence electrons. The van der Waals surface area contributed by atoms with E-state index in [2.05, 4.69) is 5.43 Å². The van der Waals surface area contributed by atoms with Gasteiger partial charge in [0.2, 0.25) is 0 Å². The number of hydrazine groups is 1. The van der Waals surface area contributed by atoms with Gasteiger partial charge in [0.15, 0.2) is 11.5 Å². The quantitative estimate of drug-likeness (QED) is 0.208. The number of rotatable bonds is 10. The van der Waals surface area contributed by atoms with Crippen molar-refractivity contribution in [3.05, 3.63) is 87.9 Å². The van der Waals surface area contributed by atoms with Crippen molar-refractivity contribution in [3.8, 4) is 17.2 Å². The summed E-state index contributed by atoms with van der Waals surface area (Å²) in [6, 6.07) is 19.3. The van der Waals surface area contributed by atoms with Crippen molar-refractivity contribution in [1.82, 2.24) is 5.43 Å². The summed E-state index contributed by atoms with van der Waals surface area (Å²) >= 11 is 12.4. The van der Waals surface area contributed by atoms with Gasteiger partial charge >= 0.3 is 0 Å². The molecule has 7 nitrogen and oxygen atoms in total. The molecule has 0 bridgehead atoms. The van der Waals surface area contributed by atoms with Crippen LogP contribution in [-0.2, 0) is 9.59 Å². The Morgan fingerprint density at radius 1 is 0.917 bits per heavy atom. The molecule has 0 aromatic heterocycles. The molecule has 1 aliphatic heterocycles. The summed E-state index contributed by atoms with van der Waals surface area (Å²) < 4.78 is 17.3. The molecular weight excluding hydrogens is 503 g/mol. The molecule has 4 rings (SSSR count). The monoisotopic (exact) mass is 526 g/mol. The molecule has 0 atom stereocenters. The van der Waals surface area contributed by atoms with E-state index in [1.165, 1.54) is 11.1 Å². The zero-order valence-corrected chi connectivity index (χ0v) is 21.0. The highest BCUT2D eigenvalue weighted by molar-refractivity contribution is 6.33. The first kappa shape index (κ1) is 25.4. The van der Waals surface area contributed by atoms with E-state index in [-0.39, 0.29) is 5.57 Å². The molecular formula is C27H24Cl2N2O5. The van der Waals surface area contributed by atoms with Gasteiger partial charge in [0.1, 0.15) is 11.3 Å². The first-order valence-electron chi connectivity index (χ1n) is 11.4. The maximum Gasteiger partial charge on any atom is 0.282 e. The Morgan fingerprint density at radius 2 is 1.64 bits per heavy atom. The Hall–Kier alpha value is -3.68. The Bertz CT molecular complexity index is 1260. The number of carbonyl (C=O) groups excluding carboxylic acids is 2. The van der Waals surface area contributed by atoms with Crippen LogP contribution < -0.4 is 24.6 Å². The third-order valence-corrected chi connectivity index (χ3v) is 5.70. The first-order chi connectivity index (χ1) is 17.5. The van der Waals surface area contributed by atoms with Gasteiger partial charge in [-0.15, -0.1) is 0 Å². The van der Waals surface area contributed by atoms with Crippen molar-refractivity contribution >= 4 is 46.8 Å². The van der Waals surface area contributed by atoms with E-state index in [0.717, 1.165) is 5.75 Å². The molecule has 1 N–H and O–H groups in total. The molecule has 9 heteroatoms. The van der Waals surface area contributed by atoms with Crippen LogP contribution in [0.5, 0.6) is 17.2 Å². The number of nitrogens with zero attached hydrogens (tertiary/aromatic N) is 1. The molecule has 1 saturated heterocycles. The van der Waals surface area contributed by atoms with E-state index < -0.39 is 11.8 Å². The standard InChI is InChI=1S/C27H24Cl2N2O5/c1-2-34-24-17-18(15-22-26(32)30-31(27(22)33)20-7-4-3-5-8-20)16-23(29)25(24)36-14-6-13-35-21-11-9-19(28)10-12-21/h3-5,7-12,15-17H,2,6,13-14H2,1H3,(H,30,32)/b22-15-. The minimum Gasteiger partial charge on any atom is -0.493 e. The number of nitrogens with one attached hydrogen (secondary N) is 1. The van der Waals surface area contributed by atoms with Gasteiger partial charge in [0, 0.05) is 11.4 Å². The normalized spacial score (nSPS) is 14.2. The fourth-order valence-corrected chi connectivity index (χ4v) is 3.91. The lowest BCUT2D eigenvalue weighted by atomic mass is 10.1. The van der Waals surface area contributed by atoms with E-state index >= 15 is 0 Å². The van der Waals surface area contributed by atoms with Crippen LogP contribution >= 0.6 is 23.2 Å². The number of ether oxygens (including phenoxy) is 3. The zero-order valence-electron chi connectivity index (χ0n) is 19.5. The molecule has 0 spiro atoms. The van der Waals surface area contributed by atoms with Crippen LogP contribution in [0.4, 0.5) is 5.69 Å². The Kier molecular flexibility index (Phi) is 8.36. The summed E-state index contributed by atoms with van der Waals surface area (Å²) in [5, 5.41) is 2.16. The first-order valence-corrected chi connectivity index (χ1v) is 12.1. The lowest BCUT2D eigenvalue weighted by Gasteiger charge is -2.15. The maximum absolute atomic E-state index is 12.9. The number of anilines is 1. The number of amides is 2. The van der Waals surface area contributed by atoms with E-state index in [0.29, 0.717) is 59.0 Å². The molecule has 36 heavy (non-hydrogen) atoms. The van der Waals surface area contributed by atoms with Crippen LogP contribution in [-0.4, -0.2) is 31.6 Å². The highest BCUT2D eigenvalue weighted by atomic mass is 35.5. The van der Waals surface area contributed by atoms with Gasteiger partial charge in [-0.2, -0.15) is 0 Å². The zero-order chi connectivity index (χ0) is 25.5. The number of hydrogen-bond donors (Lipinski definition) is 1. The molecule has 3 aromatic rings. The summed E-state index contributed by atoms with van der Waals surface area (Å²) in [7, 11) is 0. The summed E-state index contributed by atoms with van der Waals surface area (Å²) in [6.07, 6.45) is 2.10. The fraction of sp³-hybridized carbons (Fsp3) is 0.185. The lowest BCUT2D eigenvalue weighted by molar-refractivity contribution is -0.117. The van der Waals surface area contributed by atoms with Gasteiger partial charge in [-0.3, -0.25) is 15.0 Å². The smallest absolute Gasteiger partial charge is 0.282 e. The summed E-state index contributed by atoms with van der Waals surface area (Å²) in [6.45, 7) is 3.02. The molecule has 0 unspecified atom stereocenters. The Morgan fingerprint density at radius 3 is 2.36 bits per heavy atom. The third kappa shape index (κ3) is 6.11. The lowest BCUT2D eigenvalue weighted by Crippen LogP contribution is -2.35. The van der Waals surface area contributed by atoms with Crippen LogP contribution in [0.15, 0.2) is 72.3 Å². The SMILES string of the molecule is CCOc1cc(/C=C2/C(=O)NN(c3ccccc3)C2=O)cc(Cl)c1OCCCOc1ccc(Cl)cc1. The molecule has 0 saturated carbocycles. The van der Waals surface area contributed by atoms with Gasteiger partial charge < -0.3 is 14.2 Å². The number of para-hydroxylation sites is 1. The maximum atomic E-state index is 12.9. The second kappa shape index (κ2) is 11.8. The minimum atomic E-state index is -0.501. The van der Waals surface area contributed by atoms with Crippen LogP contribution in [0.25, 0.3) is 6.08 Å². The Labute approximate surface area is 219 Å². The van der Waals surface area contributed by atoms with Gasteiger partial charge in [0.25, 0.3) is 11.8 Å². The number of halogens is 2. The Balaban J connectivity index is 1.44. The topological polar surface area (TPSA) is 77.1 Å². The highest BCUT2D eigenvalue weighted by Crippen LogP contribution is 2.37. The largest absolute Gasteiger partial charge is 0.493 e. The van der Waals surface area contributed by atoms with Gasteiger partial charge in [-0.05, 0) is 67.1 Å². The van der Waals surface area contributed by atoms with E-state index in [1.807, 2.05) is 13.0 Å². The van der Waals surface area contributed by atoms with Crippen LogP contribution in [0, 0.1) is 0 Å². The van der Waals surface area contributed by atoms with Gasteiger partial charge in [-0.25, -0.2) is 5.01 Å². The average Bonchev–Trinajstić information content (AvgIpc) is 3.15. The van der Waals surface area contributed by atoms with Crippen molar-refractivity contribution in [2.45, 2.75) is 13.3 Å². The van der Waals surface area contributed by atoms with Crippen molar-refractivity contribution in [1.29, 1.82) is 0 Å². The molecule has 1 heterocycles. The minimum absolute atomic E-state index is 0.00890. The van der Waals surface area contributed by atoms with Crippen molar-refractivity contribution in [2.24, 2.45) is 0 Å². The van der Waals surface area contributed by atoms with Crippen LogP contribution in [0.3, 0.4) is 0 Å². The summed E-state index contributed by atoms with van der Waals surface area (Å²) in [5.74, 6) is 0.572. The van der Waals surface area contributed by atoms with E-state index in [1.54, 1.807) is 60.7 Å². The predicted molar refractivity (Wildman–Crippen MR) is 140 cm³/mol. The summed E-state index contributed by atoms with van der Waals surface area (Å²) in [5.41, 5.74) is 3.67. The van der Waals surface area contributed by atoms with Crippen molar-refractivity contribution < 1.29 is 23.8 Å². The van der Waals surface area contributed by atoms with Crippen molar-refractivity contribution in [3.63, 3.8) is 0 Å².